The number of carbonyl (C=O) groups excluding carboxylic acids is 1. The lowest BCUT2D eigenvalue weighted by Gasteiger charge is -2.26. The summed E-state index contributed by atoms with van der Waals surface area (Å²) in [7, 11) is -1.28. The molecule has 1 atom stereocenters. The van der Waals surface area contributed by atoms with Gasteiger partial charge in [0.1, 0.15) is 9.84 Å². The molecule has 1 amide bonds. The van der Waals surface area contributed by atoms with Gasteiger partial charge in [0.2, 0.25) is 5.91 Å². The highest BCUT2D eigenvalue weighted by Gasteiger charge is 2.24. The Bertz CT molecular complexity index is 722. The smallest absolute Gasteiger partial charge is 0.225 e. The lowest BCUT2D eigenvalue weighted by molar-refractivity contribution is -0.116. The summed E-state index contributed by atoms with van der Waals surface area (Å²) in [6.45, 7) is 1.10. The maximum atomic E-state index is 11.8. The number of amides is 1. The minimum atomic E-state index is -2.94. The average Bonchev–Trinajstić information content (AvgIpc) is 2.52. The maximum Gasteiger partial charge on any atom is 0.225 e. The maximum absolute atomic E-state index is 11.8. The van der Waals surface area contributed by atoms with Crippen molar-refractivity contribution in [3.05, 3.63) is 29.8 Å². The van der Waals surface area contributed by atoms with Crippen molar-refractivity contribution in [3.8, 4) is 0 Å². The Morgan fingerprint density at radius 2 is 2.04 bits per heavy atom. The first-order valence-electron chi connectivity index (χ1n) is 7.90. The molecule has 1 aliphatic heterocycles. The quantitative estimate of drug-likeness (QED) is 0.247. The molecule has 2 rings (SSSR count). The number of fused-ring (bicyclic) bond motifs is 1. The molecular weight excluding hydrogens is 455 g/mol. The van der Waals surface area contributed by atoms with Gasteiger partial charge in [0.25, 0.3) is 0 Å². The molecule has 0 fully saturated rings. The molecule has 0 aromatic heterocycles. The molecule has 25 heavy (non-hydrogen) atoms. The van der Waals surface area contributed by atoms with Gasteiger partial charge in [0.05, 0.1) is 5.75 Å². The molecule has 140 valence electrons. The van der Waals surface area contributed by atoms with Crippen LogP contribution in [0.15, 0.2) is 29.3 Å². The van der Waals surface area contributed by atoms with E-state index in [9.17, 15) is 13.2 Å². The van der Waals surface area contributed by atoms with Gasteiger partial charge in [-0.3, -0.25) is 9.79 Å². The molecule has 1 aromatic carbocycles. The Balaban J connectivity index is 0.00000312. The van der Waals surface area contributed by atoms with E-state index in [4.69, 9.17) is 0 Å². The van der Waals surface area contributed by atoms with E-state index in [1.165, 1.54) is 6.26 Å². The second-order valence-corrected chi connectivity index (χ2v) is 8.16. The largest absolute Gasteiger partial charge is 0.356 e. The van der Waals surface area contributed by atoms with Crippen LogP contribution in [-0.2, 0) is 14.6 Å². The van der Waals surface area contributed by atoms with Crippen LogP contribution >= 0.6 is 24.0 Å². The highest BCUT2D eigenvalue weighted by Crippen LogP contribution is 2.31. The summed E-state index contributed by atoms with van der Waals surface area (Å²) in [5.74, 6) is 0.834. The molecule has 7 nitrogen and oxygen atoms in total. The molecular formula is C16H25IN4O3S. The van der Waals surface area contributed by atoms with E-state index in [0.717, 1.165) is 11.3 Å². The van der Waals surface area contributed by atoms with Crippen molar-refractivity contribution in [2.45, 2.75) is 18.8 Å². The zero-order chi connectivity index (χ0) is 17.6. The van der Waals surface area contributed by atoms with Gasteiger partial charge < -0.3 is 16.0 Å². The lowest BCUT2D eigenvalue weighted by Crippen LogP contribution is -2.41. The van der Waals surface area contributed by atoms with Crippen LogP contribution in [0.5, 0.6) is 0 Å². The fourth-order valence-corrected chi connectivity index (χ4v) is 3.33. The fourth-order valence-electron chi connectivity index (χ4n) is 2.67. The van der Waals surface area contributed by atoms with Crippen LogP contribution in [0.2, 0.25) is 0 Å². The molecule has 1 heterocycles. The van der Waals surface area contributed by atoms with E-state index in [0.29, 0.717) is 31.9 Å². The summed E-state index contributed by atoms with van der Waals surface area (Å²) in [5.41, 5.74) is 1.97. The number of rotatable bonds is 6. The summed E-state index contributed by atoms with van der Waals surface area (Å²) < 4.78 is 22.2. The highest BCUT2D eigenvalue weighted by molar-refractivity contribution is 14.0. The van der Waals surface area contributed by atoms with Crippen molar-refractivity contribution in [3.63, 3.8) is 0 Å². The van der Waals surface area contributed by atoms with E-state index < -0.39 is 9.84 Å². The summed E-state index contributed by atoms with van der Waals surface area (Å²) in [6.07, 6.45) is 2.18. The molecule has 0 aliphatic carbocycles. The number of guanidine groups is 1. The number of halogens is 1. The van der Waals surface area contributed by atoms with Crippen LogP contribution in [0, 0.1) is 0 Å². The van der Waals surface area contributed by atoms with Gasteiger partial charge in [-0.1, -0.05) is 18.2 Å². The average molecular weight is 480 g/mol. The number of hydrogen-bond donors (Lipinski definition) is 3. The van der Waals surface area contributed by atoms with Crippen LogP contribution in [-0.4, -0.2) is 52.4 Å². The minimum absolute atomic E-state index is 0. The van der Waals surface area contributed by atoms with Crippen LogP contribution in [0.4, 0.5) is 5.69 Å². The lowest BCUT2D eigenvalue weighted by atomic mass is 9.90. The standard InChI is InChI=1S/C16H24N4O3S.HI/c1-17-16(18-8-5-9-24(2,22)23)19-11-12-10-15(21)20-14-7-4-3-6-13(12)14;/h3-4,6-7,12H,5,8-11H2,1-2H3,(H,20,21)(H2,17,18,19);1H. The highest BCUT2D eigenvalue weighted by atomic mass is 127. The summed E-state index contributed by atoms with van der Waals surface area (Å²) >= 11 is 0. The van der Waals surface area contributed by atoms with Gasteiger partial charge in [-0.05, 0) is 18.1 Å². The van der Waals surface area contributed by atoms with Gasteiger partial charge in [0, 0.05) is 44.4 Å². The van der Waals surface area contributed by atoms with Crippen molar-refractivity contribution >= 4 is 51.4 Å². The Morgan fingerprint density at radius 3 is 2.72 bits per heavy atom. The molecule has 1 unspecified atom stereocenters. The zero-order valence-corrected chi connectivity index (χ0v) is 17.6. The van der Waals surface area contributed by atoms with Gasteiger partial charge in [-0.15, -0.1) is 24.0 Å². The first-order chi connectivity index (χ1) is 11.4. The van der Waals surface area contributed by atoms with Crippen molar-refractivity contribution < 1.29 is 13.2 Å². The number of carbonyl (C=O) groups is 1. The summed E-state index contributed by atoms with van der Waals surface area (Å²) in [4.78, 5) is 15.9. The molecule has 0 spiro atoms. The van der Waals surface area contributed by atoms with Crippen molar-refractivity contribution in [1.82, 2.24) is 10.6 Å². The molecule has 0 saturated heterocycles. The normalized spacial score (nSPS) is 17.1. The van der Waals surface area contributed by atoms with Crippen LogP contribution in [0.1, 0.15) is 24.3 Å². The molecule has 0 radical (unpaired) electrons. The third kappa shape index (κ3) is 7.18. The number of nitrogens with one attached hydrogen (secondary N) is 3. The van der Waals surface area contributed by atoms with Crippen molar-refractivity contribution in [1.29, 1.82) is 0 Å². The van der Waals surface area contributed by atoms with E-state index in [1.807, 2.05) is 24.3 Å². The molecule has 3 N–H and O–H groups in total. The number of sulfone groups is 1. The number of anilines is 1. The number of para-hydroxylation sites is 1. The Hall–Kier alpha value is -1.36. The third-order valence-electron chi connectivity index (χ3n) is 3.83. The van der Waals surface area contributed by atoms with E-state index in [2.05, 4.69) is 20.9 Å². The predicted molar refractivity (Wildman–Crippen MR) is 112 cm³/mol. The monoisotopic (exact) mass is 480 g/mol. The fraction of sp³-hybridized carbons (Fsp3) is 0.500. The molecule has 1 aliphatic rings. The summed E-state index contributed by atoms with van der Waals surface area (Å²) in [5, 5.41) is 9.18. The number of nitrogens with zero attached hydrogens (tertiary/aromatic N) is 1. The number of hydrogen-bond acceptors (Lipinski definition) is 4. The number of aliphatic imine (C=N–C) groups is 1. The minimum Gasteiger partial charge on any atom is -0.356 e. The second-order valence-electron chi connectivity index (χ2n) is 5.90. The molecule has 9 heteroatoms. The van der Waals surface area contributed by atoms with E-state index in [-0.39, 0.29) is 41.6 Å². The van der Waals surface area contributed by atoms with E-state index >= 15 is 0 Å². The molecule has 0 bridgehead atoms. The van der Waals surface area contributed by atoms with Crippen LogP contribution in [0.25, 0.3) is 0 Å². The van der Waals surface area contributed by atoms with Crippen molar-refractivity contribution in [2.75, 3.05) is 37.5 Å². The van der Waals surface area contributed by atoms with Gasteiger partial charge in [-0.2, -0.15) is 0 Å². The van der Waals surface area contributed by atoms with Gasteiger partial charge >= 0.3 is 0 Å². The van der Waals surface area contributed by atoms with E-state index in [1.54, 1.807) is 7.05 Å². The Labute approximate surface area is 166 Å². The topological polar surface area (TPSA) is 99.7 Å². The van der Waals surface area contributed by atoms with Gasteiger partial charge in [0.15, 0.2) is 5.96 Å². The Morgan fingerprint density at radius 1 is 1.32 bits per heavy atom. The molecule has 1 aromatic rings. The first kappa shape index (κ1) is 21.7. The number of benzene rings is 1. The van der Waals surface area contributed by atoms with Crippen molar-refractivity contribution in [2.24, 2.45) is 4.99 Å². The zero-order valence-electron chi connectivity index (χ0n) is 14.4. The first-order valence-corrected chi connectivity index (χ1v) is 9.96. The van der Waals surface area contributed by atoms with Gasteiger partial charge in [-0.25, -0.2) is 8.42 Å². The van der Waals surface area contributed by atoms with Crippen LogP contribution in [0.3, 0.4) is 0 Å². The predicted octanol–water partition coefficient (Wildman–Crippen LogP) is 1.33. The van der Waals surface area contributed by atoms with Crippen LogP contribution < -0.4 is 16.0 Å². The SMILES string of the molecule is CN=C(NCCCS(C)(=O)=O)NCC1CC(=O)Nc2ccccc21.I. The second kappa shape index (κ2) is 9.95. The molecule has 0 saturated carbocycles. The summed E-state index contributed by atoms with van der Waals surface area (Å²) in [6, 6.07) is 7.78. The third-order valence-corrected chi connectivity index (χ3v) is 4.86. The Kier molecular flexibility index (Phi) is 8.63.